The molecule has 2 aromatic heterocycles. The highest BCUT2D eigenvalue weighted by Crippen LogP contribution is 2.25. The minimum atomic E-state index is -3.66. The molecule has 0 aliphatic carbocycles. The Morgan fingerprint density at radius 2 is 2.03 bits per heavy atom. The van der Waals surface area contributed by atoms with Crippen molar-refractivity contribution in [2.24, 2.45) is 0 Å². The van der Waals surface area contributed by atoms with E-state index in [0.717, 1.165) is 23.2 Å². The van der Waals surface area contributed by atoms with Crippen molar-refractivity contribution in [1.82, 2.24) is 14.7 Å². The maximum atomic E-state index is 12.9. The van der Waals surface area contributed by atoms with Gasteiger partial charge in [0, 0.05) is 36.8 Å². The molecule has 1 atom stereocenters. The minimum Gasteiger partial charge on any atom is -0.380 e. The second-order valence-corrected chi connectivity index (χ2v) is 9.27. The van der Waals surface area contributed by atoms with Crippen molar-refractivity contribution in [2.45, 2.75) is 37.3 Å². The maximum Gasteiger partial charge on any atom is 0.240 e. The number of methoxy groups -OCH3 is 1. The summed E-state index contributed by atoms with van der Waals surface area (Å²) in [5, 5.41) is 5.26. The summed E-state index contributed by atoms with van der Waals surface area (Å²) in [6, 6.07) is 10.3. The highest BCUT2D eigenvalue weighted by Gasteiger charge is 2.20. The lowest BCUT2D eigenvalue weighted by atomic mass is 10.1. The number of rotatable bonds is 11. The van der Waals surface area contributed by atoms with E-state index in [1.807, 2.05) is 30.5 Å². The summed E-state index contributed by atoms with van der Waals surface area (Å²) < 4.78 is 33.8. The molecule has 31 heavy (non-hydrogen) atoms. The molecular weight excluding hydrogens is 456 g/mol. The van der Waals surface area contributed by atoms with Crippen LogP contribution in [0.15, 0.2) is 58.4 Å². The highest BCUT2D eigenvalue weighted by atomic mass is 35.5. The van der Waals surface area contributed by atoms with Gasteiger partial charge in [-0.3, -0.25) is 0 Å². The van der Waals surface area contributed by atoms with E-state index in [1.165, 1.54) is 11.3 Å². The number of nitrogens with zero attached hydrogens (tertiary/aromatic N) is 2. The van der Waals surface area contributed by atoms with E-state index in [4.69, 9.17) is 4.74 Å². The van der Waals surface area contributed by atoms with Crippen LogP contribution in [0.2, 0.25) is 0 Å². The molecule has 0 radical (unpaired) electrons. The fourth-order valence-corrected chi connectivity index (χ4v) is 5.02. The average molecular weight is 483 g/mol. The normalized spacial score (nSPS) is 12.2. The molecular formula is C21H27ClN4O3S2. The van der Waals surface area contributed by atoms with Crippen LogP contribution >= 0.6 is 23.7 Å². The van der Waals surface area contributed by atoms with E-state index < -0.39 is 10.0 Å². The summed E-state index contributed by atoms with van der Waals surface area (Å²) >= 11 is 1.52. The van der Waals surface area contributed by atoms with Crippen LogP contribution < -0.4 is 10.0 Å². The predicted octanol–water partition coefficient (Wildman–Crippen LogP) is 4.33. The first-order chi connectivity index (χ1) is 14.5. The molecule has 3 aromatic rings. The van der Waals surface area contributed by atoms with Gasteiger partial charge in [-0.1, -0.05) is 25.5 Å². The molecule has 0 saturated carbocycles. The molecule has 0 aliphatic heterocycles. The van der Waals surface area contributed by atoms with Crippen LogP contribution in [-0.2, 0) is 21.4 Å². The van der Waals surface area contributed by atoms with Crippen molar-refractivity contribution in [3.05, 3.63) is 59.0 Å². The Morgan fingerprint density at radius 3 is 2.74 bits per heavy atom. The van der Waals surface area contributed by atoms with E-state index >= 15 is 0 Å². The summed E-state index contributed by atoms with van der Waals surface area (Å²) in [4.78, 5) is 9.00. The van der Waals surface area contributed by atoms with Gasteiger partial charge in [0.2, 0.25) is 10.0 Å². The number of anilines is 1. The number of benzene rings is 1. The molecule has 10 heteroatoms. The van der Waals surface area contributed by atoms with Crippen LogP contribution in [0.25, 0.3) is 11.3 Å². The summed E-state index contributed by atoms with van der Waals surface area (Å²) in [5.41, 5.74) is 4.33. The number of hydrogen-bond acceptors (Lipinski definition) is 7. The Morgan fingerprint density at radius 1 is 1.19 bits per heavy atom. The second kappa shape index (κ2) is 12.1. The largest absolute Gasteiger partial charge is 0.380 e. The summed E-state index contributed by atoms with van der Waals surface area (Å²) in [5.74, 6) is 0.686. The van der Waals surface area contributed by atoms with Gasteiger partial charge in [-0.15, -0.1) is 23.7 Å². The number of aromatic nitrogens is 2. The van der Waals surface area contributed by atoms with Gasteiger partial charge in [-0.2, -0.15) is 0 Å². The van der Waals surface area contributed by atoms with Crippen LogP contribution in [-0.4, -0.2) is 38.1 Å². The van der Waals surface area contributed by atoms with Crippen molar-refractivity contribution >= 4 is 39.6 Å². The van der Waals surface area contributed by atoms with E-state index in [-0.39, 0.29) is 23.3 Å². The van der Waals surface area contributed by atoms with Gasteiger partial charge in [-0.25, -0.2) is 23.1 Å². The Labute approximate surface area is 193 Å². The molecule has 0 aliphatic rings. The Balaban J connectivity index is 0.00000341. The number of nitrogens with one attached hydrogen (secondary N) is 2. The van der Waals surface area contributed by atoms with Gasteiger partial charge in [0.25, 0.3) is 0 Å². The fraction of sp³-hybridized carbons (Fsp3) is 0.333. The van der Waals surface area contributed by atoms with Gasteiger partial charge in [-0.05, 0) is 36.2 Å². The quantitative estimate of drug-likeness (QED) is 0.422. The molecule has 1 aromatic carbocycles. The SMILES string of the molecule is CCCC(CNc1ncccc1-c1cscn1)NS(=O)(=O)c1cccc(COC)c1.Cl. The lowest BCUT2D eigenvalue weighted by molar-refractivity contribution is 0.184. The Bertz CT molecular complexity index is 1050. The number of sulfonamides is 1. The van der Waals surface area contributed by atoms with E-state index in [0.29, 0.717) is 25.4 Å². The van der Waals surface area contributed by atoms with Crippen molar-refractivity contribution in [3.8, 4) is 11.3 Å². The van der Waals surface area contributed by atoms with Crippen LogP contribution in [0.4, 0.5) is 5.82 Å². The summed E-state index contributed by atoms with van der Waals surface area (Å²) in [6.07, 6.45) is 3.25. The zero-order valence-electron chi connectivity index (χ0n) is 17.4. The monoisotopic (exact) mass is 482 g/mol. The zero-order chi connectivity index (χ0) is 21.4. The zero-order valence-corrected chi connectivity index (χ0v) is 19.9. The minimum absolute atomic E-state index is 0. The third kappa shape index (κ3) is 6.98. The third-order valence-corrected chi connectivity index (χ3v) is 6.62. The van der Waals surface area contributed by atoms with E-state index in [9.17, 15) is 8.42 Å². The van der Waals surface area contributed by atoms with Crippen molar-refractivity contribution in [3.63, 3.8) is 0 Å². The third-order valence-electron chi connectivity index (χ3n) is 4.51. The number of halogens is 1. The maximum absolute atomic E-state index is 12.9. The second-order valence-electron chi connectivity index (χ2n) is 6.84. The molecule has 3 rings (SSSR count). The van der Waals surface area contributed by atoms with Crippen LogP contribution in [0, 0.1) is 0 Å². The van der Waals surface area contributed by atoms with Gasteiger partial charge < -0.3 is 10.1 Å². The molecule has 0 bridgehead atoms. The molecule has 0 saturated heterocycles. The molecule has 0 fully saturated rings. The lowest BCUT2D eigenvalue weighted by Crippen LogP contribution is -2.39. The molecule has 2 N–H and O–H groups in total. The first kappa shape index (κ1) is 25.2. The van der Waals surface area contributed by atoms with Crippen LogP contribution in [0.5, 0.6) is 0 Å². The standard InChI is InChI=1S/C21H26N4O3S2.ClH/c1-3-6-17(25-30(26,27)18-8-4-7-16(11-18)13-28-2)12-23-21-19(9-5-10-22-21)20-14-29-15-24-20;/h4-5,7-11,14-15,17,25H,3,6,12-13H2,1-2H3,(H,22,23);1H. The molecule has 0 spiro atoms. The first-order valence-corrected chi connectivity index (χ1v) is 12.1. The van der Waals surface area contributed by atoms with Gasteiger partial charge in [0.1, 0.15) is 5.82 Å². The van der Waals surface area contributed by atoms with Crippen LogP contribution in [0.1, 0.15) is 25.3 Å². The topological polar surface area (TPSA) is 93.2 Å². The number of pyridine rings is 1. The number of hydrogen-bond donors (Lipinski definition) is 2. The lowest BCUT2D eigenvalue weighted by Gasteiger charge is -2.20. The number of thiazole rings is 1. The van der Waals surface area contributed by atoms with Gasteiger partial charge in [0.15, 0.2) is 0 Å². The van der Waals surface area contributed by atoms with Crippen LogP contribution in [0.3, 0.4) is 0 Å². The van der Waals surface area contributed by atoms with E-state index in [1.54, 1.807) is 37.0 Å². The van der Waals surface area contributed by atoms with Gasteiger partial charge >= 0.3 is 0 Å². The molecule has 168 valence electrons. The van der Waals surface area contributed by atoms with Crippen molar-refractivity contribution in [2.75, 3.05) is 19.0 Å². The molecule has 2 heterocycles. The van der Waals surface area contributed by atoms with E-state index in [2.05, 4.69) is 20.0 Å². The average Bonchev–Trinajstić information content (AvgIpc) is 3.27. The highest BCUT2D eigenvalue weighted by molar-refractivity contribution is 7.89. The van der Waals surface area contributed by atoms with Gasteiger partial charge in [0.05, 0.1) is 22.7 Å². The number of ether oxygens (including phenoxy) is 1. The summed E-state index contributed by atoms with van der Waals surface area (Å²) in [6.45, 7) is 2.81. The van der Waals surface area contributed by atoms with Crippen molar-refractivity contribution < 1.29 is 13.2 Å². The molecule has 0 amide bonds. The predicted molar refractivity (Wildman–Crippen MR) is 127 cm³/mol. The molecule has 7 nitrogen and oxygen atoms in total. The Hall–Kier alpha value is -2.04. The smallest absolute Gasteiger partial charge is 0.240 e. The Kier molecular flexibility index (Phi) is 9.86. The summed E-state index contributed by atoms with van der Waals surface area (Å²) in [7, 11) is -2.07. The van der Waals surface area contributed by atoms with Crippen molar-refractivity contribution in [1.29, 1.82) is 0 Å². The fourth-order valence-electron chi connectivity index (χ4n) is 3.13. The first-order valence-electron chi connectivity index (χ1n) is 9.71. The molecule has 1 unspecified atom stereocenters.